The summed E-state index contributed by atoms with van der Waals surface area (Å²) in [6.45, 7) is 2.27. The Bertz CT molecular complexity index is 319. The van der Waals surface area contributed by atoms with E-state index in [0.29, 0.717) is 0 Å². The van der Waals surface area contributed by atoms with Crippen molar-refractivity contribution < 1.29 is 0 Å². The topological polar surface area (TPSA) is 44.9 Å². The van der Waals surface area contributed by atoms with Gasteiger partial charge in [-0.05, 0) is 43.8 Å². The molecule has 0 unspecified atom stereocenters. The molecule has 0 aromatic carbocycles. The molecule has 0 atom stereocenters. The summed E-state index contributed by atoms with van der Waals surface area (Å²) in [7, 11) is 0. The van der Waals surface area contributed by atoms with Gasteiger partial charge >= 0.3 is 0 Å². The minimum absolute atomic E-state index is 0.0148. The number of aromatic amines is 1. The lowest BCUT2D eigenvalue weighted by Gasteiger charge is -2.22. The fourth-order valence-electron chi connectivity index (χ4n) is 1.99. The van der Waals surface area contributed by atoms with Crippen molar-refractivity contribution in [3.63, 3.8) is 0 Å². The lowest BCUT2D eigenvalue weighted by Crippen LogP contribution is -2.28. The van der Waals surface area contributed by atoms with Crippen LogP contribution < -0.4 is 10.9 Å². The van der Waals surface area contributed by atoms with E-state index in [-0.39, 0.29) is 5.56 Å². The molecule has 3 nitrogen and oxygen atoms in total. The van der Waals surface area contributed by atoms with Gasteiger partial charge in [-0.3, -0.25) is 4.79 Å². The lowest BCUT2D eigenvalue weighted by molar-refractivity contribution is 0.372. The van der Waals surface area contributed by atoms with Gasteiger partial charge in [0.2, 0.25) is 5.56 Å². The molecule has 14 heavy (non-hydrogen) atoms. The predicted molar refractivity (Wildman–Crippen MR) is 56.4 cm³/mol. The van der Waals surface area contributed by atoms with Gasteiger partial charge in [0.25, 0.3) is 0 Å². The van der Waals surface area contributed by atoms with Crippen LogP contribution in [-0.2, 0) is 6.42 Å². The van der Waals surface area contributed by atoms with Crippen molar-refractivity contribution in [3.05, 3.63) is 34.2 Å². The molecule has 2 N–H and O–H groups in total. The monoisotopic (exact) mass is 192 g/mol. The van der Waals surface area contributed by atoms with E-state index in [1.807, 2.05) is 12.3 Å². The molecule has 0 amide bonds. The zero-order chi connectivity index (χ0) is 9.80. The zero-order valence-electron chi connectivity index (χ0n) is 8.25. The summed E-state index contributed by atoms with van der Waals surface area (Å²) in [6, 6.07) is 3.54. The highest BCUT2D eigenvalue weighted by molar-refractivity contribution is 5.09. The number of hydrogen-bond donors (Lipinski definition) is 2. The minimum Gasteiger partial charge on any atom is -0.329 e. The molecule has 2 rings (SSSR count). The van der Waals surface area contributed by atoms with Crippen LogP contribution in [0.1, 0.15) is 18.4 Å². The van der Waals surface area contributed by atoms with E-state index in [1.54, 1.807) is 6.07 Å². The van der Waals surface area contributed by atoms with Crippen LogP contribution in [0, 0.1) is 5.92 Å². The van der Waals surface area contributed by atoms with Gasteiger partial charge in [-0.1, -0.05) is 6.07 Å². The quantitative estimate of drug-likeness (QED) is 0.731. The Morgan fingerprint density at radius 2 is 2.07 bits per heavy atom. The van der Waals surface area contributed by atoms with Crippen molar-refractivity contribution in [2.75, 3.05) is 13.1 Å². The third kappa shape index (κ3) is 2.45. The molecule has 0 spiro atoms. The number of nitrogens with one attached hydrogen (secondary N) is 2. The first-order chi connectivity index (χ1) is 6.84. The van der Waals surface area contributed by atoms with E-state index in [4.69, 9.17) is 0 Å². The first kappa shape index (κ1) is 9.46. The number of H-pyrrole nitrogens is 1. The van der Waals surface area contributed by atoms with E-state index < -0.39 is 0 Å². The van der Waals surface area contributed by atoms with Crippen LogP contribution in [0.4, 0.5) is 0 Å². The molecule has 3 heteroatoms. The molecule has 1 fully saturated rings. The van der Waals surface area contributed by atoms with Crippen LogP contribution in [0.2, 0.25) is 0 Å². The fourth-order valence-corrected chi connectivity index (χ4v) is 1.99. The Labute approximate surface area is 83.5 Å². The van der Waals surface area contributed by atoms with Crippen LogP contribution in [0.3, 0.4) is 0 Å². The first-order valence-electron chi connectivity index (χ1n) is 5.23. The first-order valence-corrected chi connectivity index (χ1v) is 5.23. The molecule has 0 bridgehead atoms. The third-order valence-corrected chi connectivity index (χ3v) is 2.83. The molecule has 0 saturated carbocycles. The average Bonchev–Trinajstić information content (AvgIpc) is 2.23. The fraction of sp³-hybridized carbons (Fsp3) is 0.545. The summed E-state index contributed by atoms with van der Waals surface area (Å²) in [5.74, 6) is 0.780. The highest BCUT2D eigenvalue weighted by Gasteiger charge is 2.13. The van der Waals surface area contributed by atoms with Gasteiger partial charge in [-0.25, -0.2) is 0 Å². The Kier molecular flexibility index (Phi) is 2.99. The maximum atomic E-state index is 10.8. The Hall–Kier alpha value is -1.09. The Morgan fingerprint density at radius 1 is 1.29 bits per heavy atom. The normalized spacial score (nSPS) is 18.3. The summed E-state index contributed by atoms with van der Waals surface area (Å²) in [4.78, 5) is 13.6. The molecule has 0 radical (unpaired) electrons. The summed E-state index contributed by atoms with van der Waals surface area (Å²) in [5.41, 5.74) is 1.23. The van der Waals surface area contributed by atoms with Gasteiger partial charge < -0.3 is 10.3 Å². The number of pyridine rings is 1. The standard InChI is InChI=1S/C11H16N2O/c14-11-2-1-10(8-13-11)7-9-3-5-12-6-4-9/h1-2,8-9,12H,3-7H2,(H,13,14). The summed E-state index contributed by atoms with van der Waals surface area (Å²) >= 11 is 0. The molecule has 1 saturated heterocycles. The SMILES string of the molecule is O=c1ccc(CC2CCNCC2)c[nH]1. The van der Waals surface area contributed by atoms with E-state index >= 15 is 0 Å². The maximum Gasteiger partial charge on any atom is 0.247 e. The molecule has 1 aromatic rings. The van der Waals surface area contributed by atoms with Crippen LogP contribution >= 0.6 is 0 Å². The van der Waals surface area contributed by atoms with Gasteiger partial charge in [0.05, 0.1) is 0 Å². The van der Waals surface area contributed by atoms with E-state index in [0.717, 1.165) is 25.4 Å². The molecular weight excluding hydrogens is 176 g/mol. The highest BCUT2D eigenvalue weighted by Crippen LogP contribution is 2.16. The summed E-state index contributed by atoms with van der Waals surface area (Å²) in [5, 5.41) is 3.35. The second kappa shape index (κ2) is 4.42. The predicted octanol–water partition coefficient (Wildman–Crippen LogP) is 0.917. The summed E-state index contributed by atoms with van der Waals surface area (Å²) < 4.78 is 0. The molecule has 76 valence electrons. The molecule has 2 heterocycles. The highest BCUT2D eigenvalue weighted by atomic mass is 16.1. The second-order valence-electron chi connectivity index (χ2n) is 3.96. The van der Waals surface area contributed by atoms with Crippen molar-refractivity contribution >= 4 is 0 Å². The van der Waals surface area contributed by atoms with Crippen LogP contribution in [0.15, 0.2) is 23.1 Å². The maximum absolute atomic E-state index is 10.8. The minimum atomic E-state index is -0.0148. The number of piperidine rings is 1. The molecule has 1 aliphatic heterocycles. The zero-order valence-corrected chi connectivity index (χ0v) is 8.25. The van der Waals surface area contributed by atoms with Crippen LogP contribution in [0.5, 0.6) is 0 Å². The Morgan fingerprint density at radius 3 is 2.71 bits per heavy atom. The van der Waals surface area contributed by atoms with Crippen LogP contribution in [-0.4, -0.2) is 18.1 Å². The number of hydrogen-bond acceptors (Lipinski definition) is 2. The van der Waals surface area contributed by atoms with Crippen molar-refractivity contribution in [2.45, 2.75) is 19.3 Å². The van der Waals surface area contributed by atoms with Gasteiger partial charge in [-0.2, -0.15) is 0 Å². The largest absolute Gasteiger partial charge is 0.329 e. The third-order valence-electron chi connectivity index (χ3n) is 2.83. The smallest absolute Gasteiger partial charge is 0.247 e. The summed E-state index contributed by atoms with van der Waals surface area (Å²) in [6.07, 6.45) is 5.43. The molecule has 1 aliphatic rings. The lowest BCUT2D eigenvalue weighted by atomic mass is 9.92. The van der Waals surface area contributed by atoms with Gasteiger partial charge in [0.15, 0.2) is 0 Å². The van der Waals surface area contributed by atoms with E-state index in [1.165, 1.54) is 18.4 Å². The average molecular weight is 192 g/mol. The van der Waals surface area contributed by atoms with E-state index in [9.17, 15) is 4.79 Å². The Balaban J connectivity index is 1.96. The molecule has 0 aliphatic carbocycles. The molecular formula is C11H16N2O. The number of rotatable bonds is 2. The van der Waals surface area contributed by atoms with Crippen LogP contribution in [0.25, 0.3) is 0 Å². The van der Waals surface area contributed by atoms with Gasteiger partial charge in [-0.15, -0.1) is 0 Å². The van der Waals surface area contributed by atoms with Crippen molar-refractivity contribution in [1.82, 2.24) is 10.3 Å². The van der Waals surface area contributed by atoms with Gasteiger partial charge in [0.1, 0.15) is 0 Å². The van der Waals surface area contributed by atoms with Crippen molar-refractivity contribution in [1.29, 1.82) is 0 Å². The van der Waals surface area contributed by atoms with Crippen molar-refractivity contribution in [2.24, 2.45) is 5.92 Å². The van der Waals surface area contributed by atoms with Crippen molar-refractivity contribution in [3.8, 4) is 0 Å². The second-order valence-corrected chi connectivity index (χ2v) is 3.96. The van der Waals surface area contributed by atoms with Gasteiger partial charge in [0, 0.05) is 12.3 Å². The molecule has 1 aromatic heterocycles. The van der Waals surface area contributed by atoms with E-state index in [2.05, 4.69) is 10.3 Å². The number of aromatic nitrogens is 1.